The molecule has 1 spiro atoms. The molecule has 0 saturated carbocycles. The van der Waals surface area contributed by atoms with Crippen molar-refractivity contribution in [3.05, 3.63) is 190 Å². The number of carbonyl (C=O) groups excluding carboxylic acids is 5. The third-order valence-corrected chi connectivity index (χ3v) is 15.4. The van der Waals surface area contributed by atoms with E-state index in [1.165, 1.54) is 26.4 Å². The second-order valence-corrected chi connectivity index (χ2v) is 20.4. The molecule has 6 aromatic rings. The summed E-state index contributed by atoms with van der Waals surface area (Å²) in [5, 5.41) is 13.7. The number of hydrogen-bond acceptors (Lipinski definition) is 12. The fourth-order valence-corrected chi connectivity index (χ4v) is 11.9. The zero-order valence-corrected chi connectivity index (χ0v) is 43.8. The third kappa shape index (κ3) is 9.42. The molecule has 4 aliphatic heterocycles. The van der Waals surface area contributed by atoms with E-state index in [4.69, 9.17) is 18.9 Å². The molecule has 15 nitrogen and oxygen atoms in total. The number of fused-ring (bicyclic) bond motifs is 4. The number of morpholine rings is 1. The predicted octanol–water partition coefficient (Wildman–Crippen LogP) is 8.05. The van der Waals surface area contributed by atoms with Gasteiger partial charge in [-0.2, -0.15) is 0 Å². The predicted molar refractivity (Wildman–Crippen MR) is 288 cm³/mol. The van der Waals surface area contributed by atoms with Crippen LogP contribution >= 0.6 is 0 Å². The quantitative estimate of drug-likeness (QED) is 0.0896. The Kier molecular flexibility index (Phi) is 14.6. The minimum absolute atomic E-state index is 0.0553. The first kappa shape index (κ1) is 52.0. The van der Waals surface area contributed by atoms with E-state index in [9.17, 15) is 9.90 Å². The maximum Gasteiger partial charge on any atom is 0.329 e. The van der Waals surface area contributed by atoms with Crippen molar-refractivity contribution in [1.29, 1.82) is 0 Å². The molecule has 4 heterocycles. The monoisotopic (exact) mass is 1040 g/mol. The van der Waals surface area contributed by atoms with Gasteiger partial charge in [-0.1, -0.05) is 129 Å². The van der Waals surface area contributed by atoms with Gasteiger partial charge in [0.05, 0.1) is 51.6 Å². The van der Waals surface area contributed by atoms with Crippen molar-refractivity contribution < 1.29 is 48.0 Å². The molecule has 7 unspecified atom stereocenters. The second kappa shape index (κ2) is 21.7. The van der Waals surface area contributed by atoms with Gasteiger partial charge in [0.2, 0.25) is 11.8 Å². The highest BCUT2D eigenvalue weighted by atomic mass is 16.6. The summed E-state index contributed by atoms with van der Waals surface area (Å²) in [5.74, 6) is 2.75. The van der Waals surface area contributed by atoms with Crippen LogP contribution in [0, 0.1) is 23.7 Å². The Balaban J connectivity index is 1.23. The summed E-state index contributed by atoms with van der Waals surface area (Å²) in [4.78, 5) is 84.6. The molecule has 15 heteroatoms. The van der Waals surface area contributed by atoms with Gasteiger partial charge in [-0.25, -0.2) is 14.5 Å². The number of hydrogen-bond donors (Lipinski definition) is 2. The van der Waals surface area contributed by atoms with Crippen molar-refractivity contribution in [2.24, 2.45) is 11.8 Å². The van der Waals surface area contributed by atoms with Crippen molar-refractivity contribution in [3.63, 3.8) is 0 Å². The maximum atomic E-state index is 16.9. The van der Waals surface area contributed by atoms with Gasteiger partial charge in [-0.05, 0) is 101 Å². The molecular weight excluding hydrogens is 975 g/mol. The topological polar surface area (TPSA) is 167 Å². The fourth-order valence-electron chi connectivity index (χ4n) is 11.9. The van der Waals surface area contributed by atoms with E-state index in [1.807, 2.05) is 115 Å². The van der Waals surface area contributed by atoms with Gasteiger partial charge in [-0.3, -0.25) is 24.2 Å². The number of nitrogens with zero attached hydrogens (tertiary/aromatic N) is 4. The molecule has 0 aromatic heterocycles. The van der Waals surface area contributed by atoms with Gasteiger partial charge < -0.3 is 34.3 Å². The molecule has 7 atom stereocenters. The summed E-state index contributed by atoms with van der Waals surface area (Å²) in [6.07, 6.45) is -0.546. The van der Waals surface area contributed by atoms with Crippen LogP contribution in [0.15, 0.2) is 146 Å². The number of aromatic hydroxyl groups is 1. The first-order valence-electron chi connectivity index (χ1n) is 25.8. The number of rotatable bonds is 12. The molecule has 2 fully saturated rings. The van der Waals surface area contributed by atoms with Gasteiger partial charge in [0, 0.05) is 25.2 Å². The molecule has 2 N–H and O–H groups in total. The minimum atomic E-state index is -2.11. The van der Waals surface area contributed by atoms with Crippen molar-refractivity contribution in [2.45, 2.75) is 69.0 Å². The van der Waals surface area contributed by atoms with Crippen LogP contribution in [-0.2, 0) is 53.6 Å². The Hall–Kier alpha value is -8.45. The molecule has 6 aromatic carbocycles. The van der Waals surface area contributed by atoms with E-state index in [2.05, 4.69) is 22.1 Å². The lowest BCUT2D eigenvalue weighted by Crippen LogP contribution is -2.58. The lowest BCUT2D eigenvalue weighted by atomic mass is 9.64. The average Bonchev–Trinajstić information content (AvgIpc) is 3.32. The number of nitrogens with one attached hydrogen (secondary N) is 1. The number of methoxy groups -OCH3 is 3. The number of benzene rings is 6. The van der Waals surface area contributed by atoms with Gasteiger partial charge in [-0.15, -0.1) is 0 Å². The largest absolute Gasteiger partial charge is 0.508 e. The Labute approximate surface area is 448 Å². The molecule has 394 valence electrons. The number of anilines is 1. The summed E-state index contributed by atoms with van der Waals surface area (Å²) in [6, 6.07) is 38.6. The summed E-state index contributed by atoms with van der Waals surface area (Å²) in [5.41, 5.74) is 3.51. The minimum Gasteiger partial charge on any atom is -0.508 e. The number of imide groups is 1. The Morgan fingerprint density at radius 3 is 2.06 bits per heavy atom. The summed E-state index contributed by atoms with van der Waals surface area (Å²) < 4.78 is 23.2. The number of phenols is 1. The highest BCUT2D eigenvalue weighted by Gasteiger charge is 2.76. The normalized spacial score (nSPS) is 21.8. The van der Waals surface area contributed by atoms with Crippen LogP contribution in [0.2, 0.25) is 0 Å². The number of ether oxygens (including phenoxy) is 4. The Bertz CT molecular complexity index is 3270. The van der Waals surface area contributed by atoms with Crippen LogP contribution in [0.5, 0.6) is 17.2 Å². The highest BCUT2D eigenvalue weighted by Crippen LogP contribution is 2.66. The van der Waals surface area contributed by atoms with Crippen molar-refractivity contribution in [3.8, 4) is 29.1 Å². The van der Waals surface area contributed by atoms with E-state index in [1.54, 1.807) is 56.2 Å². The van der Waals surface area contributed by atoms with E-state index in [-0.39, 0.29) is 30.1 Å². The third-order valence-electron chi connectivity index (χ3n) is 15.4. The van der Waals surface area contributed by atoms with Crippen LogP contribution in [0.1, 0.15) is 76.5 Å². The highest BCUT2D eigenvalue weighted by molar-refractivity contribution is 6.25. The smallest absolute Gasteiger partial charge is 0.329 e. The summed E-state index contributed by atoms with van der Waals surface area (Å²) in [6.45, 7) is 4.80. The number of phenolic OH excluding ortho intramolecular Hbond substituents is 1. The van der Waals surface area contributed by atoms with Crippen LogP contribution in [-0.4, -0.2) is 103 Å². The molecular formula is C62H61N5O10. The maximum absolute atomic E-state index is 16.9. The van der Waals surface area contributed by atoms with E-state index < -0.39 is 77.3 Å². The van der Waals surface area contributed by atoms with Crippen molar-refractivity contribution >= 4 is 35.5 Å². The average molecular weight is 1040 g/mol. The molecule has 0 bridgehead atoms. The molecule has 2 saturated heterocycles. The Morgan fingerprint density at radius 1 is 0.792 bits per heavy atom. The number of cyclic esters (lactones) is 1. The van der Waals surface area contributed by atoms with Gasteiger partial charge in [0.25, 0.3) is 0 Å². The zero-order chi connectivity index (χ0) is 54.1. The molecule has 0 radical (unpaired) electrons. The van der Waals surface area contributed by atoms with Crippen molar-refractivity contribution in [1.82, 2.24) is 20.0 Å². The van der Waals surface area contributed by atoms with Gasteiger partial charge in [0.15, 0.2) is 11.5 Å². The van der Waals surface area contributed by atoms with E-state index in [0.29, 0.717) is 47.7 Å². The molecule has 10 rings (SSSR count). The lowest BCUT2D eigenvalue weighted by Gasteiger charge is -2.46. The molecule has 4 amide bonds. The van der Waals surface area contributed by atoms with Crippen LogP contribution in [0.4, 0.5) is 10.5 Å². The van der Waals surface area contributed by atoms with Crippen LogP contribution in [0.3, 0.4) is 0 Å². The second-order valence-electron chi connectivity index (χ2n) is 20.4. The van der Waals surface area contributed by atoms with Crippen LogP contribution in [0.25, 0.3) is 0 Å². The summed E-state index contributed by atoms with van der Waals surface area (Å²) in [7, 11) is 6.29. The molecule has 77 heavy (non-hydrogen) atoms. The summed E-state index contributed by atoms with van der Waals surface area (Å²) >= 11 is 0. The lowest BCUT2D eigenvalue weighted by molar-refractivity contribution is -0.179. The van der Waals surface area contributed by atoms with E-state index in [0.717, 1.165) is 27.2 Å². The Morgan fingerprint density at radius 2 is 1.43 bits per heavy atom. The standard InChI is InChI=1S/C62H61N5O10/c1-38(2)52(58(70)76-6)63-61(73)66-48-29-24-39(19-16-31-64(3)36-40-17-10-7-11-18-40)33-47(48)62(60(66)72)51(57(69)65-32-30-44-34-49(74-4)50(75-5)35-45(44)37-65)54-59(71)77-55(42-22-14-9-15-23-42)53(41-20-12-8-13-21-41)67(54)56(62)43-25-27-46(68)28-26-43/h7-15,17-18,20-29,33-35,38,51-56,68H,30-32,36-37H2,1-6H3,(H,63,73). The zero-order valence-electron chi connectivity index (χ0n) is 43.8. The van der Waals surface area contributed by atoms with Gasteiger partial charge in [0.1, 0.15) is 29.4 Å². The first-order valence-corrected chi connectivity index (χ1v) is 25.8. The molecule has 0 aliphatic carbocycles. The number of carbonyl (C=O) groups is 5. The number of amides is 4. The fraction of sp³-hybridized carbons (Fsp3) is 0.306. The van der Waals surface area contributed by atoms with Crippen LogP contribution < -0.4 is 19.7 Å². The first-order chi connectivity index (χ1) is 37.3. The van der Waals surface area contributed by atoms with Crippen molar-refractivity contribution in [2.75, 3.05) is 46.4 Å². The SMILES string of the molecule is COC(=O)C(NC(=O)N1C(=O)C2(c3cc(C#CCN(C)Cc4ccccc4)ccc31)C(C(=O)N1CCc3cc(OC)c(OC)cc3C1)C1C(=O)OC(c3ccccc3)C(c3ccccc3)N1C2c1ccc(O)cc1)C(C)C. The van der Waals surface area contributed by atoms with Gasteiger partial charge >= 0.3 is 18.0 Å². The number of esters is 2. The molecule has 4 aliphatic rings. The van der Waals surface area contributed by atoms with E-state index >= 15 is 19.2 Å². The number of urea groups is 1.